The molecule has 2 N–H and O–H groups in total. The van der Waals surface area contributed by atoms with Gasteiger partial charge in [-0.2, -0.15) is 0 Å². The van der Waals surface area contributed by atoms with Crippen molar-refractivity contribution in [2.45, 2.75) is 76.4 Å². The zero-order chi connectivity index (χ0) is 27.9. The first-order chi connectivity index (χ1) is 20.0. The Balaban J connectivity index is 0.000000139. The van der Waals surface area contributed by atoms with Crippen molar-refractivity contribution >= 4 is 39.1 Å². The van der Waals surface area contributed by atoms with Crippen LogP contribution in [0.25, 0.3) is 27.4 Å². The lowest BCUT2D eigenvalue weighted by Gasteiger charge is -2.38. The molecule has 41 heavy (non-hydrogen) atoms. The number of nitrogens with zero attached hydrogens (tertiary/aromatic N) is 3. The Hall–Kier alpha value is -3.35. The van der Waals surface area contributed by atoms with Crippen LogP contribution in [-0.2, 0) is 0 Å². The second kappa shape index (κ2) is 11.1. The number of nitrogen functional groups attached to an aromatic ring is 1. The fraction of sp³-hybridized carbons (Fsp3) is 0.457. The van der Waals surface area contributed by atoms with Crippen molar-refractivity contribution in [2.75, 3.05) is 31.9 Å². The van der Waals surface area contributed by atoms with Crippen LogP contribution in [0.3, 0.4) is 0 Å². The highest BCUT2D eigenvalue weighted by Crippen LogP contribution is 2.40. The van der Waals surface area contributed by atoms with Crippen LogP contribution in [0.5, 0.6) is 0 Å². The molecule has 3 atom stereocenters. The lowest BCUT2D eigenvalue weighted by molar-refractivity contribution is 0.101. The quantitative estimate of drug-likeness (QED) is 0.271. The van der Waals surface area contributed by atoms with Crippen molar-refractivity contribution in [3.05, 3.63) is 71.9 Å². The molecule has 214 valence electrons. The summed E-state index contributed by atoms with van der Waals surface area (Å²) in [6, 6.07) is 18.8. The van der Waals surface area contributed by atoms with Gasteiger partial charge >= 0.3 is 0 Å². The van der Waals surface area contributed by atoms with Crippen LogP contribution in [0.4, 0.5) is 5.88 Å². The second-order valence-electron chi connectivity index (χ2n) is 12.5. The summed E-state index contributed by atoms with van der Waals surface area (Å²) in [4.78, 5) is 16.9. The number of furan rings is 1. The number of piperidine rings is 2. The molecule has 2 aromatic heterocycles. The summed E-state index contributed by atoms with van der Waals surface area (Å²) in [5, 5.41) is 2.34. The summed E-state index contributed by atoms with van der Waals surface area (Å²) >= 11 is 0. The number of carbonyl (C=O) groups excluding carboxylic acids is 1. The van der Waals surface area contributed by atoms with E-state index in [2.05, 4.69) is 57.0 Å². The number of carbonyl (C=O) groups is 1. The minimum Gasteiger partial charge on any atom is -0.440 e. The Morgan fingerprint density at radius 1 is 0.902 bits per heavy atom. The van der Waals surface area contributed by atoms with Gasteiger partial charge in [-0.05, 0) is 106 Å². The van der Waals surface area contributed by atoms with E-state index in [0.717, 1.165) is 35.5 Å². The van der Waals surface area contributed by atoms with Crippen molar-refractivity contribution < 1.29 is 9.21 Å². The number of rotatable bonds is 3. The van der Waals surface area contributed by atoms with E-state index >= 15 is 0 Å². The fourth-order valence-electron chi connectivity index (χ4n) is 7.85. The van der Waals surface area contributed by atoms with Crippen molar-refractivity contribution in [1.82, 2.24) is 14.4 Å². The predicted octanol–water partition coefficient (Wildman–Crippen LogP) is 7.30. The molecule has 6 heteroatoms. The summed E-state index contributed by atoms with van der Waals surface area (Å²) in [6.45, 7) is 6.40. The monoisotopic (exact) mass is 550 g/mol. The first-order valence-corrected chi connectivity index (χ1v) is 15.6. The molecule has 8 rings (SSSR count). The molecule has 0 spiro atoms. The molecule has 4 aliphatic heterocycles. The Morgan fingerprint density at radius 2 is 1.76 bits per heavy atom. The summed E-state index contributed by atoms with van der Waals surface area (Å²) in [6.07, 6.45) is 14.9. The van der Waals surface area contributed by atoms with Crippen LogP contribution in [-0.4, -0.2) is 58.4 Å². The van der Waals surface area contributed by atoms with E-state index in [0.29, 0.717) is 23.5 Å². The Kier molecular flexibility index (Phi) is 7.21. The largest absolute Gasteiger partial charge is 0.440 e. The lowest BCUT2D eigenvalue weighted by Crippen LogP contribution is -2.41. The standard InChI is InChI=1S/C19H22N2O2.C16H20N2/c1-12(22)13-5-6-17-16(11-13)18(19(20)23-17)14-7-9-21-8-3-2-4-15(21)10-14;1-2-6-16-13(4-1)7-11-18(16)15-8-10-17-9-3-5-14(17)12-15/h5-7,11,15H,2-4,8-10,20H2,1H3;1-2,4,6-7,11,14-15H,3,5,8-10,12H2. The minimum atomic E-state index is 0.0636. The van der Waals surface area contributed by atoms with E-state index < -0.39 is 0 Å². The maximum Gasteiger partial charge on any atom is 0.199 e. The Morgan fingerprint density at radius 3 is 2.66 bits per heavy atom. The molecule has 0 amide bonds. The summed E-state index contributed by atoms with van der Waals surface area (Å²) in [7, 11) is 0. The topological polar surface area (TPSA) is 67.6 Å². The first kappa shape index (κ1) is 26.5. The average Bonchev–Trinajstić information content (AvgIpc) is 3.72. The highest BCUT2D eigenvalue weighted by atomic mass is 16.3. The third kappa shape index (κ3) is 5.13. The minimum absolute atomic E-state index is 0.0636. The number of ketones is 1. The molecule has 0 saturated carbocycles. The van der Waals surface area contributed by atoms with Crippen molar-refractivity contribution in [1.29, 1.82) is 0 Å². The fourth-order valence-corrected chi connectivity index (χ4v) is 7.85. The number of hydrogen-bond acceptors (Lipinski definition) is 5. The van der Waals surface area contributed by atoms with E-state index in [9.17, 15) is 4.79 Å². The average molecular weight is 551 g/mol. The smallest absolute Gasteiger partial charge is 0.199 e. The van der Waals surface area contributed by atoms with E-state index in [1.807, 2.05) is 12.1 Å². The second-order valence-corrected chi connectivity index (χ2v) is 12.5. The molecule has 6 nitrogen and oxygen atoms in total. The zero-order valence-corrected chi connectivity index (χ0v) is 24.2. The van der Waals surface area contributed by atoms with Crippen molar-refractivity contribution in [2.24, 2.45) is 0 Å². The molecular formula is C35H42N4O2. The summed E-state index contributed by atoms with van der Waals surface area (Å²) < 4.78 is 8.25. The van der Waals surface area contributed by atoms with Crippen molar-refractivity contribution in [3.63, 3.8) is 0 Å². The van der Waals surface area contributed by atoms with Crippen LogP contribution in [0, 0.1) is 0 Å². The number of Topliss-reactive ketones (excluding diaryl/α,β-unsaturated/α-hetero) is 1. The van der Waals surface area contributed by atoms with Gasteiger partial charge in [0, 0.05) is 59.4 Å². The molecule has 4 aliphatic rings. The third-order valence-corrected chi connectivity index (χ3v) is 10.0. The normalized spacial score (nSPS) is 24.9. The van der Waals surface area contributed by atoms with E-state index in [-0.39, 0.29) is 5.78 Å². The van der Waals surface area contributed by atoms with Crippen molar-refractivity contribution in [3.8, 4) is 0 Å². The maximum atomic E-state index is 11.7. The van der Waals surface area contributed by atoms with Gasteiger partial charge in [0.1, 0.15) is 5.58 Å². The predicted molar refractivity (Wildman–Crippen MR) is 167 cm³/mol. The lowest BCUT2D eigenvalue weighted by atomic mass is 9.88. The number of aromatic nitrogens is 1. The van der Waals surface area contributed by atoms with Gasteiger partial charge in [0.2, 0.25) is 0 Å². The van der Waals surface area contributed by atoms with Crippen LogP contribution >= 0.6 is 0 Å². The molecule has 6 heterocycles. The van der Waals surface area contributed by atoms with E-state index in [4.69, 9.17) is 10.2 Å². The molecule has 4 aromatic rings. The number of nitrogens with two attached hydrogens (primary N) is 1. The number of benzene rings is 2. The van der Waals surface area contributed by atoms with Gasteiger partial charge in [0.15, 0.2) is 11.7 Å². The zero-order valence-electron chi connectivity index (χ0n) is 24.2. The number of anilines is 1. The highest BCUT2D eigenvalue weighted by Gasteiger charge is 2.32. The number of hydrogen-bond donors (Lipinski definition) is 1. The summed E-state index contributed by atoms with van der Waals surface area (Å²) in [5.41, 5.74) is 11.3. The van der Waals surface area contributed by atoms with Gasteiger partial charge in [-0.25, -0.2) is 0 Å². The molecule has 0 aliphatic carbocycles. The molecule has 2 aromatic carbocycles. The third-order valence-electron chi connectivity index (χ3n) is 10.0. The maximum absolute atomic E-state index is 11.7. The molecule has 3 fully saturated rings. The van der Waals surface area contributed by atoms with E-state index in [1.165, 1.54) is 81.1 Å². The van der Waals surface area contributed by atoms with Crippen LogP contribution in [0.15, 0.2) is 65.2 Å². The van der Waals surface area contributed by atoms with Gasteiger partial charge in [0.05, 0.1) is 0 Å². The Labute approximate surface area is 242 Å². The van der Waals surface area contributed by atoms with Gasteiger partial charge in [0.25, 0.3) is 0 Å². The Bertz CT molecular complexity index is 1600. The number of fused-ring (bicyclic) bond motifs is 4. The van der Waals surface area contributed by atoms with E-state index in [1.54, 1.807) is 13.0 Å². The highest BCUT2D eigenvalue weighted by molar-refractivity contribution is 6.02. The molecule has 3 unspecified atom stereocenters. The van der Waals surface area contributed by atoms with Crippen LogP contribution < -0.4 is 5.73 Å². The SMILES string of the molecule is CC(=O)c1ccc2oc(N)c(C3=CCN4CCCCC4C3)c2c1.c1ccc2c(c1)ccn2C1CCN2CCCC2C1. The van der Waals surface area contributed by atoms with Gasteiger partial charge < -0.3 is 19.6 Å². The van der Waals surface area contributed by atoms with Crippen LogP contribution in [0.2, 0.25) is 0 Å². The number of para-hydroxylation sites is 1. The molecular weight excluding hydrogens is 508 g/mol. The molecule has 0 radical (unpaired) electrons. The summed E-state index contributed by atoms with van der Waals surface area (Å²) in [5.74, 6) is 0.532. The first-order valence-electron chi connectivity index (χ1n) is 15.6. The van der Waals surface area contributed by atoms with Crippen LogP contribution in [0.1, 0.15) is 80.3 Å². The van der Waals surface area contributed by atoms with Gasteiger partial charge in [-0.3, -0.25) is 9.69 Å². The van der Waals surface area contributed by atoms with Gasteiger partial charge in [-0.15, -0.1) is 0 Å². The molecule has 3 saturated heterocycles. The van der Waals surface area contributed by atoms with Gasteiger partial charge in [-0.1, -0.05) is 30.7 Å². The molecule has 0 bridgehead atoms.